The molecule has 1 aliphatic rings. The second-order valence-electron chi connectivity index (χ2n) is 10.2. The van der Waals surface area contributed by atoms with Crippen LogP contribution in [-0.2, 0) is 16.1 Å². The zero-order chi connectivity index (χ0) is 29.4. The maximum atomic E-state index is 13.5. The molecule has 1 aliphatic heterocycles. The number of rotatable bonds is 7. The molecule has 210 valence electrons. The molecular formula is C30H29Cl2NO7. The van der Waals surface area contributed by atoms with Gasteiger partial charge in [-0.05, 0) is 62.2 Å². The molecule has 0 spiro atoms. The number of hydrogen-bond acceptors (Lipinski definition) is 7. The molecular weight excluding hydrogens is 557 g/mol. The van der Waals surface area contributed by atoms with Crippen LogP contribution in [0, 0.1) is 0 Å². The summed E-state index contributed by atoms with van der Waals surface area (Å²) in [6, 6.07) is 13.6. The molecule has 0 radical (unpaired) electrons. The summed E-state index contributed by atoms with van der Waals surface area (Å²) in [5.41, 5.74) is 0.688. The average molecular weight is 586 g/mol. The fourth-order valence-corrected chi connectivity index (χ4v) is 5.24. The van der Waals surface area contributed by atoms with Gasteiger partial charge in [-0.2, -0.15) is 0 Å². The van der Waals surface area contributed by atoms with Crippen LogP contribution in [-0.4, -0.2) is 46.6 Å². The first-order chi connectivity index (χ1) is 18.9. The highest BCUT2D eigenvalue weighted by Crippen LogP contribution is 2.47. The number of likely N-dealkylation sites (tertiary alicyclic amines) is 1. The van der Waals surface area contributed by atoms with Crippen LogP contribution < -0.4 is 14.2 Å². The molecule has 10 heteroatoms. The molecule has 1 saturated heterocycles. The maximum absolute atomic E-state index is 13.5. The SMILES string of the molecule is COc1c(Cl)cc(/C(O)=C2\C(=O)C(=O)N(Cc3ccc(OC(C)(C)C)cc3)C2c2ccc(O)cc2)c(OC)c1Cl. The Bertz CT molecular complexity index is 1480. The lowest BCUT2D eigenvalue weighted by molar-refractivity contribution is -0.140. The molecule has 1 heterocycles. The van der Waals surface area contributed by atoms with Gasteiger partial charge in [0, 0.05) is 6.54 Å². The molecule has 1 amide bonds. The lowest BCUT2D eigenvalue weighted by atomic mass is 9.94. The predicted octanol–water partition coefficient (Wildman–Crippen LogP) is 6.52. The minimum atomic E-state index is -0.990. The monoisotopic (exact) mass is 585 g/mol. The summed E-state index contributed by atoms with van der Waals surface area (Å²) in [4.78, 5) is 28.2. The van der Waals surface area contributed by atoms with Crippen LogP contribution >= 0.6 is 23.2 Å². The van der Waals surface area contributed by atoms with Crippen LogP contribution in [0.2, 0.25) is 10.0 Å². The van der Waals surface area contributed by atoms with Crippen molar-refractivity contribution in [3.63, 3.8) is 0 Å². The number of benzene rings is 3. The van der Waals surface area contributed by atoms with Crippen molar-refractivity contribution in [2.24, 2.45) is 0 Å². The summed E-state index contributed by atoms with van der Waals surface area (Å²) in [5, 5.41) is 21.5. The molecule has 1 fully saturated rings. The van der Waals surface area contributed by atoms with Gasteiger partial charge in [0.2, 0.25) is 0 Å². The van der Waals surface area contributed by atoms with E-state index in [2.05, 4.69) is 0 Å². The Morgan fingerprint density at radius 3 is 2.10 bits per heavy atom. The van der Waals surface area contributed by atoms with E-state index in [0.29, 0.717) is 11.3 Å². The van der Waals surface area contributed by atoms with Crippen LogP contribution in [0.1, 0.15) is 43.5 Å². The number of aliphatic hydroxyl groups excluding tert-OH is 1. The van der Waals surface area contributed by atoms with Crippen molar-refractivity contribution in [2.45, 2.75) is 39.0 Å². The fraction of sp³-hybridized carbons (Fsp3) is 0.267. The number of methoxy groups -OCH3 is 2. The molecule has 8 nitrogen and oxygen atoms in total. The molecule has 40 heavy (non-hydrogen) atoms. The number of amides is 1. The third-order valence-corrected chi connectivity index (χ3v) is 6.87. The van der Waals surface area contributed by atoms with E-state index in [1.165, 1.54) is 37.3 Å². The highest BCUT2D eigenvalue weighted by atomic mass is 35.5. The standard InChI is InChI=1S/C30H29Cl2NO7/c1-30(2,3)40-19-12-6-16(7-13-19)15-33-24(17-8-10-18(34)11-9-17)22(26(36)29(33)37)25(35)20-14-21(31)28(39-5)23(32)27(20)38-4/h6-14,24,34-35H,15H2,1-5H3/b25-22+. The number of aromatic hydroxyl groups is 1. The van der Waals surface area contributed by atoms with Crippen LogP contribution in [0.4, 0.5) is 0 Å². The molecule has 0 aliphatic carbocycles. The summed E-state index contributed by atoms with van der Waals surface area (Å²) >= 11 is 12.8. The quantitative estimate of drug-likeness (QED) is 0.185. The number of phenols is 1. The summed E-state index contributed by atoms with van der Waals surface area (Å²) < 4.78 is 16.5. The summed E-state index contributed by atoms with van der Waals surface area (Å²) in [7, 11) is 2.72. The molecule has 1 atom stereocenters. The summed E-state index contributed by atoms with van der Waals surface area (Å²) in [6.45, 7) is 5.88. The average Bonchev–Trinajstić information content (AvgIpc) is 3.14. The largest absolute Gasteiger partial charge is 0.508 e. The second-order valence-corrected chi connectivity index (χ2v) is 10.9. The number of nitrogens with zero attached hydrogens (tertiary/aromatic N) is 1. The van der Waals surface area contributed by atoms with Gasteiger partial charge in [0.05, 0.1) is 36.4 Å². The van der Waals surface area contributed by atoms with Gasteiger partial charge in [-0.1, -0.05) is 47.5 Å². The lowest BCUT2D eigenvalue weighted by Crippen LogP contribution is -2.29. The maximum Gasteiger partial charge on any atom is 0.295 e. The van der Waals surface area contributed by atoms with Crippen LogP contribution in [0.25, 0.3) is 5.76 Å². The molecule has 4 rings (SSSR count). The van der Waals surface area contributed by atoms with Crippen molar-refractivity contribution in [1.29, 1.82) is 0 Å². The molecule has 3 aromatic carbocycles. The first kappa shape index (κ1) is 29.1. The summed E-state index contributed by atoms with van der Waals surface area (Å²) in [6.07, 6.45) is 0. The predicted molar refractivity (Wildman–Crippen MR) is 152 cm³/mol. The van der Waals surface area contributed by atoms with Gasteiger partial charge in [0.1, 0.15) is 27.9 Å². The van der Waals surface area contributed by atoms with Crippen LogP contribution in [0.15, 0.2) is 60.2 Å². The number of Topliss-reactive ketones (excluding diaryl/α,β-unsaturated/α-hetero) is 1. The number of hydrogen-bond donors (Lipinski definition) is 2. The van der Waals surface area contributed by atoms with E-state index >= 15 is 0 Å². The van der Waals surface area contributed by atoms with Gasteiger partial charge in [0.25, 0.3) is 11.7 Å². The summed E-state index contributed by atoms with van der Waals surface area (Å²) in [5.74, 6) is -1.40. The van der Waals surface area contributed by atoms with Crippen LogP contribution in [0.5, 0.6) is 23.0 Å². The number of ketones is 1. The van der Waals surface area contributed by atoms with E-state index in [-0.39, 0.29) is 50.6 Å². The van der Waals surface area contributed by atoms with E-state index in [0.717, 1.165) is 5.56 Å². The van der Waals surface area contributed by atoms with Gasteiger partial charge in [0.15, 0.2) is 11.5 Å². The third kappa shape index (κ3) is 5.69. The molecule has 1 unspecified atom stereocenters. The van der Waals surface area contributed by atoms with Crippen LogP contribution in [0.3, 0.4) is 0 Å². The molecule has 2 N–H and O–H groups in total. The Hall–Kier alpha value is -3.88. The Morgan fingerprint density at radius 2 is 1.55 bits per heavy atom. The normalized spacial score (nSPS) is 16.8. The molecule has 0 bridgehead atoms. The van der Waals surface area contributed by atoms with Gasteiger partial charge in [-0.15, -0.1) is 0 Å². The number of ether oxygens (including phenoxy) is 3. The van der Waals surface area contributed by atoms with Crippen molar-refractivity contribution in [3.8, 4) is 23.0 Å². The third-order valence-electron chi connectivity index (χ3n) is 6.24. The Morgan fingerprint density at radius 1 is 0.950 bits per heavy atom. The van der Waals surface area contributed by atoms with Gasteiger partial charge >= 0.3 is 0 Å². The minimum Gasteiger partial charge on any atom is -0.508 e. The zero-order valence-electron chi connectivity index (χ0n) is 22.6. The van der Waals surface area contributed by atoms with Gasteiger partial charge in [-0.25, -0.2) is 0 Å². The van der Waals surface area contributed by atoms with Gasteiger partial charge in [-0.3, -0.25) is 9.59 Å². The van der Waals surface area contributed by atoms with E-state index in [4.69, 9.17) is 37.4 Å². The first-order valence-electron chi connectivity index (χ1n) is 12.3. The van der Waals surface area contributed by atoms with Gasteiger partial charge < -0.3 is 29.3 Å². The molecule has 0 saturated carbocycles. The number of phenolic OH excluding ortho intramolecular Hbond substituents is 1. The number of aliphatic hydroxyl groups is 1. The second kappa shape index (κ2) is 11.3. The van der Waals surface area contributed by atoms with Crippen molar-refractivity contribution in [3.05, 3.63) is 86.9 Å². The first-order valence-corrected chi connectivity index (χ1v) is 13.1. The lowest BCUT2D eigenvalue weighted by Gasteiger charge is -2.26. The molecule has 3 aromatic rings. The number of carbonyl (C=O) groups excluding carboxylic acids is 2. The number of carbonyl (C=O) groups is 2. The van der Waals surface area contributed by atoms with Crippen molar-refractivity contribution >= 4 is 40.7 Å². The highest BCUT2D eigenvalue weighted by Gasteiger charge is 2.46. The Labute approximate surface area is 242 Å². The fourth-order valence-electron chi connectivity index (χ4n) is 4.55. The van der Waals surface area contributed by atoms with E-state index in [9.17, 15) is 19.8 Å². The van der Waals surface area contributed by atoms with Crippen molar-refractivity contribution in [1.82, 2.24) is 4.90 Å². The number of halogens is 2. The highest BCUT2D eigenvalue weighted by molar-refractivity contribution is 6.47. The van der Waals surface area contributed by atoms with Crippen molar-refractivity contribution in [2.75, 3.05) is 14.2 Å². The zero-order valence-corrected chi connectivity index (χ0v) is 24.1. The van der Waals surface area contributed by atoms with E-state index in [1.807, 2.05) is 20.8 Å². The van der Waals surface area contributed by atoms with Crippen molar-refractivity contribution < 1.29 is 34.0 Å². The van der Waals surface area contributed by atoms with E-state index < -0.39 is 23.5 Å². The Kier molecular flexibility index (Phi) is 8.23. The topological polar surface area (TPSA) is 106 Å². The Balaban J connectivity index is 1.85. The smallest absolute Gasteiger partial charge is 0.295 e. The van der Waals surface area contributed by atoms with E-state index in [1.54, 1.807) is 36.4 Å². The molecule has 0 aromatic heterocycles. The minimum absolute atomic E-state index is 0.00512.